The monoisotopic (exact) mass is 460 g/mol. The Morgan fingerprint density at radius 2 is 1.90 bits per heavy atom. The Morgan fingerprint density at radius 1 is 1.17 bits per heavy atom. The number of fused-ring (bicyclic) bond motifs is 2. The number of halogens is 1. The van der Waals surface area contributed by atoms with Crippen LogP contribution >= 0.6 is 15.9 Å². The number of nitrogens with one attached hydrogen (secondary N) is 1. The van der Waals surface area contributed by atoms with Crippen molar-refractivity contribution in [1.82, 2.24) is 9.55 Å². The third-order valence-electron chi connectivity index (χ3n) is 4.60. The first-order chi connectivity index (χ1) is 14.0. The van der Waals surface area contributed by atoms with Crippen molar-refractivity contribution in [3.05, 3.63) is 66.8 Å². The summed E-state index contributed by atoms with van der Waals surface area (Å²) in [5.74, 6) is 0.657. The van der Waals surface area contributed by atoms with E-state index in [1.165, 1.54) is 18.2 Å². The van der Waals surface area contributed by atoms with Crippen LogP contribution in [0, 0.1) is 0 Å². The van der Waals surface area contributed by atoms with Gasteiger partial charge in [0.2, 0.25) is 0 Å². The Morgan fingerprint density at radius 3 is 2.62 bits per heavy atom. The van der Waals surface area contributed by atoms with E-state index in [1.807, 2.05) is 0 Å². The molecule has 0 radical (unpaired) electrons. The van der Waals surface area contributed by atoms with Gasteiger partial charge in [0, 0.05) is 16.6 Å². The highest BCUT2D eigenvalue weighted by molar-refractivity contribution is 9.10. The molecule has 0 saturated carbocycles. The fourth-order valence-corrected chi connectivity index (χ4v) is 3.55. The SMILES string of the molecule is CCn1c(=O)[nH]c2cc(C(=O)OCc3cc4c(cc3Br)OCCO4)ccc2c1=O. The normalized spacial score (nSPS) is 12.8. The molecular formula is C20H17BrN2O6. The Bertz CT molecular complexity index is 1230. The first-order valence-corrected chi connectivity index (χ1v) is 9.79. The third-order valence-corrected chi connectivity index (χ3v) is 5.34. The van der Waals surface area contributed by atoms with Crippen molar-refractivity contribution in [3.8, 4) is 11.5 Å². The second kappa shape index (κ2) is 7.75. The van der Waals surface area contributed by atoms with Crippen molar-refractivity contribution >= 4 is 32.8 Å². The van der Waals surface area contributed by atoms with Crippen molar-refractivity contribution < 1.29 is 19.0 Å². The molecule has 1 aromatic heterocycles. The number of hydrogen-bond donors (Lipinski definition) is 1. The van der Waals surface area contributed by atoms with E-state index in [0.717, 1.165) is 14.6 Å². The highest BCUT2D eigenvalue weighted by Gasteiger charge is 2.17. The van der Waals surface area contributed by atoms with E-state index < -0.39 is 17.2 Å². The zero-order valence-corrected chi connectivity index (χ0v) is 17.1. The lowest BCUT2D eigenvalue weighted by Crippen LogP contribution is -2.34. The summed E-state index contributed by atoms with van der Waals surface area (Å²) < 4.78 is 18.3. The quantitative estimate of drug-likeness (QED) is 0.600. The fourth-order valence-electron chi connectivity index (χ4n) is 3.11. The lowest BCUT2D eigenvalue weighted by Gasteiger charge is -2.19. The van der Waals surface area contributed by atoms with Gasteiger partial charge in [0.1, 0.15) is 19.8 Å². The van der Waals surface area contributed by atoms with Crippen LogP contribution in [-0.2, 0) is 17.9 Å². The van der Waals surface area contributed by atoms with Gasteiger partial charge in [-0.05, 0) is 37.3 Å². The van der Waals surface area contributed by atoms with Gasteiger partial charge < -0.3 is 19.2 Å². The summed E-state index contributed by atoms with van der Waals surface area (Å²) >= 11 is 3.44. The van der Waals surface area contributed by atoms with Gasteiger partial charge in [-0.25, -0.2) is 9.59 Å². The molecule has 0 unspecified atom stereocenters. The molecule has 2 aromatic carbocycles. The molecule has 0 amide bonds. The standard InChI is InChI=1S/C20H17BrN2O6/c1-2-23-18(24)13-4-3-11(7-15(13)22-20(23)26)19(25)29-10-12-8-16-17(9-14(12)21)28-6-5-27-16/h3-4,7-9H,2,5-6,10H2,1H3,(H,22,26). The number of carbonyl (C=O) groups is 1. The number of esters is 1. The zero-order valence-electron chi connectivity index (χ0n) is 15.5. The number of aromatic amines is 1. The van der Waals surface area contributed by atoms with E-state index in [4.69, 9.17) is 14.2 Å². The van der Waals surface area contributed by atoms with Gasteiger partial charge in [-0.3, -0.25) is 9.36 Å². The van der Waals surface area contributed by atoms with Gasteiger partial charge in [0.25, 0.3) is 5.56 Å². The summed E-state index contributed by atoms with van der Waals surface area (Å²) in [5.41, 5.74) is 0.333. The molecule has 0 fully saturated rings. The lowest BCUT2D eigenvalue weighted by atomic mass is 10.1. The van der Waals surface area contributed by atoms with Crippen LogP contribution in [0.1, 0.15) is 22.8 Å². The number of hydrogen-bond acceptors (Lipinski definition) is 6. The fraction of sp³-hybridized carbons (Fsp3) is 0.250. The van der Waals surface area contributed by atoms with Crippen molar-refractivity contribution in [1.29, 1.82) is 0 Å². The Labute approximate surface area is 173 Å². The Kier molecular flexibility index (Phi) is 5.14. The summed E-state index contributed by atoms with van der Waals surface area (Å²) in [6.07, 6.45) is 0. The molecule has 0 atom stereocenters. The van der Waals surface area contributed by atoms with Crippen molar-refractivity contribution in [2.45, 2.75) is 20.1 Å². The molecule has 0 aliphatic carbocycles. The smallest absolute Gasteiger partial charge is 0.338 e. The van der Waals surface area contributed by atoms with Gasteiger partial charge in [-0.15, -0.1) is 0 Å². The predicted octanol–water partition coefficient (Wildman–Crippen LogP) is 2.60. The summed E-state index contributed by atoms with van der Waals surface area (Å²) in [6.45, 7) is 2.94. The highest BCUT2D eigenvalue weighted by Crippen LogP contribution is 2.35. The second-order valence-electron chi connectivity index (χ2n) is 6.40. The van der Waals surface area contributed by atoms with E-state index in [-0.39, 0.29) is 18.7 Å². The third kappa shape index (κ3) is 3.65. The Balaban J connectivity index is 1.57. The molecule has 1 N–H and O–H groups in total. The van der Waals surface area contributed by atoms with Crippen LogP contribution in [0.25, 0.3) is 10.9 Å². The average molecular weight is 461 g/mol. The molecule has 0 saturated heterocycles. The van der Waals surface area contributed by atoms with Crippen LogP contribution < -0.4 is 20.7 Å². The van der Waals surface area contributed by atoms with Crippen LogP contribution in [0.4, 0.5) is 0 Å². The molecule has 1 aliphatic heterocycles. The first-order valence-electron chi connectivity index (χ1n) is 9.00. The van der Waals surface area contributed by atoms with Gasteiger partial charge >= 0.3 is 11.7 Å². The van der Waals surface area contributed by atoms with Gasteiger partial charge in [0.15, 0.2) is 11.5 Å². The van der Waals surface area contributed by atoms with E-state index in [9.17, 15) is 14.4 Å². The molecule has 8 nitrogen and oxygen atoms in total. The van der Waals surface area contributed by atoms with Crippen LogP contribution in [-0.4, -0.2) is 28.7 Å². The number of H-pyrrole nitrogens is 1. The van der Waals surface area contributed by atoms with Gasteiger partial charge in [-0.1, -0.05) is 15.9 Å². The number of nitrogens with zero attached hydrogens (tertiary/aromatic N) is 1. The van der Waals surface area contributed by atoms with E-state index in [1.54, 1.807) is 19.1 Å². The van der Waals surface area contributed by atoms with Crippen LogP contribution in [0.5, 0.6) is 11.5 Å². The zero-order chi connectivity index (χ0) is 20.5. The minimum Gasteiger partial charge on any atom is -0.486 e. The van der Waals surface area contributed by atoms with E-state index >= 15 is 0 Å². The van der Waals surface area contributed by atoms with E-state index in [2.05, 4.69) is 20.9 Å². The molecule has 150 valence electrons. The van der Waals surface area contributed by atoms with E-state index in [0.29, 0.717) is 35.6 Å². The summed E-state index contributed by atoms with van der Waals surface area (Å²) in [6, 6.07) is 7.99. The highest BCUT2D eigenvalue weighted by atomic mass is 79.9. The first kappa shape index (κ1) is 19.3. The minimum atomic E-state index is -0.575. The van der Waals surface area contributed by atoms with Gasteiger partial charge in [-0.2, -0.15) is 0 Å². The largest absolute Gasteiger partial charge is 0.486 e. The average Bonchev–Trinajstić information content (AvgIpc) is 2.71. The molecule has 4 rings (SSSR count). The number of ether oxygens (including phenoxy) is 3. The molecule has 1 aliphatic rings. The molecule has 3 aromatic rings. The maximum atomic E-state index is 12.5. The Hall–Kier alpha value is -3.07. The van der Waals surface area contributed by atoms with Crippen LogP contribution in [0.2, 0.25) is 0 Å². The maximum Gasteiger partial charge on any atom is 0.338 e. The minimum absolute atomic E-state index is 0.0159. The number of rotatable bonds is 4. The molecular weight excluding hydrogens is 444 g/mol. The number of benzene rings is 2. The topological polar surface area (TPSA) is 99.6 Å². The van der Waals surface area contributed by atoms with Crippen LogP contribution in [0.3, 0.4) is 0 Å². The predicted molar refractivity (Wildman–Crippen MR) is 109 cm³/mol. The number of aromatic nitrogens is 2. The maximum absolute atomic E-state index is 12.5. The molecule has 0 spiro atoms. The summed E-state index contributed by atoms with van der Waals surface area (Å²) in [7, 11) is 0. The molecule has 2 heterocycles. The molecule has 9 heteroatoms. The van der Waals surface area contributed by atoms with Gasteiger partial charge in [0.05, 0.1) is 16.5 Å². The number of carbonyl (C=O) groups excluding carboxylic acids is 1. The summed E-state index contributed by atoms with van der Waals surface area (Å²) in [5, 5.41) is 0.331. The lowest BCUT2D eigenvalue weighted by molar-refractivity contribution is 0.0471. The second-order valence-corrected chi connectivity index (χ2v) is 7.26. The molecule has 0 bridgehead atoms. The van der Waals surface area contributed by atoms with Crippen molar-refractivity contribution in [3.63, 3.8) is 0 Å². The van der Waals surface area contributed by atoms with Crippen molar-refractivity contribution in [2.75, 3.05) is 13.2 Å². The summed E-state index contributed by atoms with van der Waals surface area (Å²) in [4.78, 5) is 39.4. The molecule has 29 heavy (non-hydrogen) atoms. The van der Waals surface area contributed by atoms with Crippen LogP contribution in [0.15, 0.2) is 44.4 Å². The van der Waals surface area contributed by atoms with Crippen molar-refractivity contribution in [2.24, 2.45) is 0 Å².